The third-order valence-corrected chi connectivity index (χ3v) is 6.12. The van der Waals surface area contributed by atoms with Crippen molar-refractivity contribution >= 4 is 23.7 Å². The van der Waals surface area contributed by atoms with Gasteiger partial charge in [0.25, 0.3) is 0 Å². The Balaban J connectivity index is 2.22. The van der Waals surface area contributed by atoms with Crippen molar-refractivity contribution in [2.24, 2.45) is 17.6 Å². The molecule has 0 aliphatic carbocycles. The van der Waals surface area contributed by atoms with Gasteiger partial charge in [-0.25, -0.2) is 4.79 Å². The van der Waals surface area contributed by atoms with E-state index in [1.54, 1.807) is 38.1 Å². The summed E-state index contributed by atoms with van der Waals surface area (Å²) in [5.74, 6) is -2.87. The highest BCUT2D eigenvalue weighted by Gasteiger charge is 2.32. The first kappa shape index (κ1) is 30.5. The standard InChI is InChI=1S/C29H40N4O5/c1-18(2)15-22(30)26(34)33-25(19(3)4)28(36)31-23(16-20-11-7-5-8-12-20)27(35)32-24(29(37)38)17-21-13-9-6-10-14-21/h5-14,18-19,22-25H,15-17,30H2,1-4H3,(H,31,36)(H,32,35)(H,33,34)(H,37,38)/t22-,23-,24-,25-/m0/s1. The van der Waals surface area contributed by atoms with Crippen LogP contribution < -0.4 is 21.7 Å². The van der Waals surface area contributed by atoms with Crippen LogP contribution in [0.15, 0.2) is 60.7 Å². The van der Waals surface area contributed by atoms with Crippen LogP contribution in [0.25, 0.3) is 0 Å². The molecule has 9 heteroatoms. The lowest BCUT2D eigenvalue weighted by Crippen LogP contribution is -2.59. The van der Waals surface area contributed by atoms with Crippen molar-refractivity contribution < 1.29 is 24.3 Å². The number of nitrogens with two attached hydrogens (primary N) is 1. The van der Waals surface area contributed by atoms with Gasteiger partial charge in [0, 0.05) is 12.8 Å². The average Bonchev–Trinajstić information content (AvgIpc) is 2.86. The first-order chi connectivity index (χ1) is 18.0. The molecule has 206 valence electrons. The molecule has 0 radical (unpaired) electrons. The maximum absolute atomic E-state index is 13.3. The normalized spacial score (nSPS) is 14.3. The van der Waals surface area contributed by atoms with Gasteiger partial charge in [0.1, 0.15) is 18.1 Å². The van der Waals surface area contributed by atoms with Gasteiger partial charge in [-0.05, 0) is 29.4 Å². The van der Waals surface area contributed by atoms with E-state index in [4.69, 9.17) is 5.73 Å². The number of benzene rings is 2. The topological polar surface area (TPSA) is 151 Å². The molecule has 2 aromatic carbocycles. The number of hydrogen-bond acceptors (Lipinski definition) is 5. The van der Waals surface area contributed by atoms with Crippen LogP contribution in [-0.2, 0) is 32.0 Å². The second-order valence-corrected chi connectivity index (χ2v) is 10.3. The third-order valence-electron chi connectivity index (χ3n) is 6.12. The van der Waals surface area contributed by atoms with Crippen LogP contribution >= 0.6 is 0 Å². The molecule has 2 rings (SSSR count). The highest BCUT2D eigenvalue weighted by atomic mass is 16.4. The molecule has 4 atom stereocenters. The van der Waals surface area contributed by atoms with Crippen molar-refractivity contribution in [3.05, 3.63) is 71.8 Å². The van der Waals surface area contributed by atoms with Crippen molar-refractivity contribution in [3.8, 4) is 0 Å². The predicted molar refractivity (Wildman–Crippen MR) is 146 cm³/mol. The van der Waals surface area contributed by atoms with E-state index in [-0.39, 0.29) is 24.7 Å². The van der Waals surface area contributed by atoms with Crippen molar-refractivity contribution in [2.45, 2.75) is 71.1 Å². The molecule has 0 saturated heterocycles. The highest BCUT2D eigenvalue weighted by Crippen LogP contribution is 2.10. The SMILES string of the molecule is CC(C)C[C@H](N)C(=O)N[C@H](C(=O)N[C@@H](Cc1ccccc1)C(=O)N[C@@H](Cc1ccccc1)C(=O)O)C(C)C. The number of aliphatic carboxylic acids is 1. The van der Waals surface area contributed by atoms with Crippen molar-refractivity contribution in [1.29, 1.82) is 0 Å². The van der Waals surface area contributed by atoms with Crippen LogP contribution in [0.3, 0.4) is 0 Å². The summed E-state index contributed by atoms with van der Waals surface area (Å²) in [6.07, 6.45) is 0.698. The van der Waals surface area contributed by atoms with Gasteiger partial charge in [-0.2, -0.15) is 0 Å². The summed E-state index contributed by atoms with van der Waals surface area (Å²) in [5, 5.41) is 17.8. The molecule has 0 aliphatic heterocycles. The number of carbonyl (C=O) groups is 4. The Kier molecular flexibility index (Phi) is 11.9. The van der Waals surface area contributed by atoms with Gasteiger partial charge >= 0.3 is 5.97 Å². The lowest BCUT2D eigenvalue weighted by atomic mass is 9.99. The molecule has 0 unspecified atom stereocenters. The molecule has 0 bridgehead atoms. The molecule has 3 amide bonds. The second-order valence-electron chi connectivity index (χ2n) is 10.3. The zero-order valence-corrected chi connectivity index (χ0v) is 22.5. The zero-order valence-electron chi connectivity index (χ0n) is 22.5. The number of amides is 3. The minimum absolute atomic E-state index is 0.0896. The van der Waals surface area contributed by atoms with Crippen LogP contribution in [0.5, 0.6) is 0 Å². The Morgan fingerprint density at radius 3 is 1.63 bits per heavy atom. The van der Waals surface area contributed by atoms with E-state index >= 15 is 0 Å². The maximum Gasteiger partial charge on any atom is 0.326 e. The molecule has 0 aromatic heterocycles. The minimum Gasteiger partial charge on any atom is -0.480 e. The summed E-state index contributed by atoms with van der Waals surface area (Å²) < 4.78 is 0. The van der Waals surface area contributed by atoms with Gasteiger partial charge in [0.05, 0.1) is 6.04 Å². The molecule has 0 saturated carbocycles. The molecular formula is C29H40N4O5. The fourth-order valence-electron chi connectivity index (χ4n) is 4.05. The predicted octanol–water partition coefficient (Wildman–Crippen LogP) is 2.04. The van der Waals surface area contributed by atoms with E-state index in [2.05, 4.69) is 16.0 Å². The first-order valence-corrected chi connectivity index (χ1v) is 12.9. The summed E-state index contributed by atoms with van der Waals surface area (Å²) >= 11 is 0. The van der Waals surface area contributed by atoms with Crippen LogP contribution in [0.1, 0.15) is 45.2 Å². The largest absolute Gasteiger partial charge is 0.480 e. The monoisotopic (exact) mass is 524 g/mol. The van der Waals surface area contributed by atoms with E-state index in [1.165, 1.54) is 0 Å². The fraction of sp³-hybridized carbons (Fsp3) is 0.448. The number of carbonyl (C=O) groups excluding carboxylic acids is 3. The smallest absolute Gasteiger partial charge is 0.326 e. The van der Waals surface area contributed by atoms with Gasteiger partial charge in [0.2, 0.25) is 17.7 Å². The molecular weight excluding hydrogens is 484 g/mol. The number of hydrogen-bond donors (Lipinski definition) is 5. The molecule has 38 heavy (non-hydrogen) atoms. The molecule has 6 N–H and O–H groups in total. The van der Waals surface area contributed by atoms with Crippen molar-refractivity contribution in [3.63, 3.8) is 0 Å². The Morgan fingerprint density at radius 2 is 1.18 bits per heavy atom. The van der Waals surface area contributed by atoms with Crippen molar-refractivity contribution in [2.75, 3.05) is 0 Å². The van der Waals surface area contributed by atoms with Crippen LogP contribution in [0.4, 0.5) is 0 Å². The second kappa shape index (κ2) is 14.9. The van der Waals surface area contributed by atoms with Crippen molar-refractivity contribution in [1.82, 2.24) is 16.0 Å². The van der Waals surface area contributed by atoms with Gasteiger partial charge in [-0.1, -0.05) is 88.4 Å². The van der Waals surface area contributed by atoms with E-state index in [0.29, 0.717) is 6.42 Å². The van der Waals surface area contributed by atoms with E-state index in [1.807, 2.05) is 50.2 Å². The van der Waals surface area contributed by atoms with Crippen LogP contribution in [0.2, 0.25) is 0 Å². The van der Waals surface area contributed by atoms with E-state index in [0.717, 1.165) is 11.1 Å². The lowest BCUT2D eigenvalue weighted by Gasteiger charge is -2.27. The summed E-state index contributed by atoms with van der Waals surface area (Å²) in [6.45, 7) is 7.47. The minimum atomic E-state index is -1.19. The highest BCUT2D eigenvalue weighted by molar-refractivity contribution is 5.94. The Labute approximate surface area is 224 Å². The van der Waals surface area contributed by atoms with E-state index in [9.17, 15) is 24.3 Å². The molecule has 9 nitrogen and oxygen atoms in total. The molecule has 0 spiro atoms. The summed E-state index contributed by atoms with van der Waals surface area (Å²) in [4.78, 5) is 51.2. The molecule has 0 heterocycles. The molecule has 0 aliphatic rings. The third kappa shape index (κ3) is 9.97. The summed E-state index contributed by atoms with van der Waals surface area (Å²) in [6, 6.07) is 14.1. The summed E-state index contributed by atoms with van der Waals surface area (Å²) in [5.41, 5.74) is 7.54. The number of nitrogens with one attached hydrogen (secondary N) is 3. The Hall–Kier alpha value is -3.72. The van der Waals surface area contributed by atoms with Gasteiger partial charge in [-0.15, -0.1) is 0 Å². The molecule has 0 fully saturated rings. The number of rotatable bonds is 14. The quantitative estimate of drug-likeness (QED) is 0.255. The first-order valence-electron chi connectivity index (χ1n) is 12.9. The molecule has 2 aromatic rings. The zero-order chi connectivity index (χ0) is 28.2. The van der Waals surface area contributed by atoms with E-state index < -0.39 is 47.9 Å². The van der Waals surface area contributed by atoms with Gasteiger partial charge in [0.15, 0.2) is 0 Å². The maximum atomic E-state index is 13.3. The number of carboxylic acids is 1. The van der Waals surface area contributed by atoms with Crippen LogP contribution in [-0.4, -0.2) is 53.0 Å². The van der Waals surface area contributed by atoms with Gasteiger partial charge < -0.3 is 26.8 Å². The number of carboxylic acid groups (broad SMARTS) is 1. The average molecular weight is 525 g/mol. The van der Waals surface area contributed by atoms with Crippen LogP contribution in [0, 0.1) is 11.8 Å². The lowest BCUT2D eigenvalue weighted by molar-refractivity contribution is -0.142. The Morgan fingerprint density at radius 1 is 0.711 bits per heavy atom. The fourth-order valence-corrected chi connectivity index (χ4v) is 4.05. The Bertz CT molecular complexity index is 1060. The van der Waals surface area contributed by atoms with Gasteiger partial charge in [-0.3, -0.25) is 14.4 Å². The summed E-state index contributed by atoms with van der Waals surface area (Å²) in [7, 11) is 0.